The summed E-state index contributed by atoms with van der Waals surface area (Å²) in [5.41, 5.74) is 0. The number of alkyl halides is 3. The van der Waals surface area contributed by atoms with E-state index in [1.165, 1.54) is 0 Å². The highest BCUT2D eigenvalue weighted by Crippen LogP contribution is 2.33. The Balaban J connectivity index is 2.33. The van der Waals surface area contributed by atoms with Gasteiger partial charge in [-0.3, -0.25) is 0 Å². The average molecular weight is 269 g/mol. The van der Waals surface area contributed by atoms with Crippen molar-refractivity contribution >= 4 is 0 Å². The lowest BCUT2D eigenvalue weighted by Gasteiger charge is -2.34. The van der Waals surface area contributed by atoms with E-state index in [1.807, 2.05) is 13.8 Å². The Hall–Kier alpha value is -0.330. The van der Waals surface area contributed by atoms with E-state index in [0.717, 1.165) is 0 Å². The molecule has 0 saturated carbocycles. The van der Waals surface area contributed by atoms with Crippen LogP contribution in [0.15, 0.2) is 0 Å². The monoisotopic (exact) mass is 269 g/mol. The molecule has 1 fully saturated rings. The van der Waals surface area contributed by atoms with E-state index in [-0.39, 0.29) is 32.2 Å². The van der Waals surface area contributed by atoms with Crippen molar-refractivity contribution in [2.24, 2.45) is 5.92 Å². The standard InChI is InChI=1S/C12H22F3NO2/c1-9(2)18-8-11(17)7-16-5-3-4-10(6-16)12(13,14)15/h9-11,17H,3-8H2,1-2H3. The predicted octanol–water partition coefficient (Wildman–Crippen LogP) is 2.05. The first-order valence-corrected chi connectivity index (χ1v) is 6.37. The van der Waals surface area contributed by atoms with Gasteiger partial charge in [-0.05, 0) is 33.2 Å². The van der Waals surface area contributed by atoms with E-state index in [2.05, 4.69) is 0 Å². The highest BCUT2D eigenvalue weighted by molar-refractivity contribution is 4.79. The zero-order valence-electron chi connectivity index (χ0n) is 10.9. The van der Waals surface area contributed by atoms with E-state index in [4.69, 9.17) is 4.74 Å². The smallest absolute Gasteiger partial charge is 0.389 e. The maximum Gasteiger partial charge on any atom is 0.393 e. The van der Waals surface area contributed by atoms with Crippen LogP contribution < -0.4 is 0 Å². The quantitative estimate of drug-likeness (QED) is 0.829. The number of piperidine rings is 1. The first kappa shape index (κ1) is 15.7. The van der Waals surface area contributed by atoms with Crippen molar-refractivity contribution in [2.45, 2.75) is 45.1 Å². The third-order valence-electron chi connectivity index (χ3n) is 3.06. The van der Waals surface area contributed by atoms with Gasteiger partial charge in [-0.2, -0.15) is 13.2 Å². The number of hydrogen-bond donors (Lipinski definition) is 1. The first-order valence-electron chi connectivity index (χ1n) is 6.37. The molecule has 3 nitrogen and oxygen atoms in total. The van der Waals surface area contributed by atoms with Crippen LogP contribution in [0.4, 0.5) is 13.2 Å². The Morgan fingerprint density at radius 1 is 1.39 bits per heavy atom. The van der Waals surface area contributed by atoms with Crippen molar-refractivity contribution in [2.75, 3.05) is 26.2 Å². The van der Waals surface area contributed by atoms with E-state index < -0.39 is 18.2 Å². The van der Waals surface area contributed by atoms with Crippen molar-refractivity contribution in [3.63, 3.8) is 0 Å². The zero-order chi connectivity index (χ0) is 13.8. The number of aliphatic hydroxyl groups is 1. The molecule has 1 N–H and O–H groups in total. The van der Waals surface area contributed by atoms with Crippen LogP contribution in [0.25, 0.3) is 0 Å². The Labute approximate surface area is 106 Å². The summed E-state index contributed by atoms with van der Waals surface area (Å²) in [6, 6.07) is 0. The second kappa shape index (κ2) is 6.73. The molecule has 1 aliphatic heterocycles. The number of rotatable bonds is 5. The lowest BCUT2D eigenvalue weighted by molar-refractivity contribution is -0.187. The predicted molar refractivity (Wildman–Crippen MR) is 62.3 cm³/mol. The third-order valence-corrected chi connectivity index (χ3v) is 3.06. The highest BCUT2D eigenvalue weighted by atomic mass is 19.4. The van der Waals surface area contributed by atoms with Crippen LogP contribution in [0.2, 0.25) is 0 Å². The highest BCUT2D eigenvalue weighted by Gasteiger charge is 2.41. The SMILES string of the molecule is CC(C)OCC(O)CN1CCCC(C(F)(F)F)C1. The minimum Gasteiger partial charge on any atom is -0.389 e. The molecule has 2 unspecified atom stereocenters. The second-order valence-corrected chi connectivity index (χ2v) is 5.18. The van der Waals surface area contributed by atoms with E-state index in [0.29, 0.717) is 13.0 Å². The number of ether oxygens (including phenoxy) is 1. The van der Waals surface area contributed by atoms with Crippen LogP contribution in [0, 0.1) is 5.92 Å². The molecule has 1 heterocycles. The number of halogens is 3. The first-order chi connectivity index (χ1) is 8.29. The Morgan fingerprint density at radius 2 is 2.06 bits per heavy atom. The fourth-order valence-electron chi connectivity index (χ4n) is 2.14. The number of β-amino-alcohol motifs (C(OH)–C–C–N with tert-alkyl or cyclic N) is 1. The molecule has 0 spiro atoms. The Kier molecular flexibility index (Phi) is 5.88. The van der Waals surface area contributed by atoms with E-state index >= 15 is 0 Å². The van der Waals surface area contributed by atoms with Crippen LogP contribution in [0.5, 0.6) is 0 Å². The molecule has 0 aliphatic carbocycles. The molecule has 0 aromatic heterocycles. The molecule has 1 aliphatic rings. The molecule has 0 aromatic rings. The number of nitrogens with zero attached hydrogens (tertiary/aromatic N) is 1. The van der Waals surface area contributed by atoms with Crippen molar-refractivity contribution in [3.05, 3.63) is 0 Å². The van der Waals surface area contributed by atoms with Gasteiger partial charge in [0, 0.05) is 13.1 Å². The molecule has 6 heteroatoms. The zero-order valence-corrected chi connectivity index (χ0v) is 10.9. The molecule has 0 radical (unpaired) electrons. The van der Waals surface area contributed by atoms with Crippen LogP contribution >= 0.6 is 0 Å². The van der Waals surface area contributed by atoms with E-state index in [1.54, 1.807) is 4.90 Å². The van der Waals surface area contributed by atoms with Gasteiger partial charge in [0.2, 0.25) is 0 Å². The Bertz CT molecular complexity index is 246. The third kappa shape index (κ3) is 5.54. The van der Waals surface area contributed by atoms with Gasteiger partial charge in [0.05, 0.1) is 24.7 Å². The average Bonchev–Trinajstić information content (AvgIpc) is 2.25. The Morgan fingerprint density at radius 3 is 2.61 bits per heavy atom. The summed E-state index contributed by atoms with van der Waals surface area (Å²) in [6.45, 7) is 4.73. The van der Waals surface area contributed by atoms with E-state index in [9.17, 15) is 18.3 Å². The van der Waals surface area contributed by atoms with Crippen molar-refractivity contribution in [3.8, 4) is 0 Å². The van der Waals surface area contributed by atoms with Gasteiger partial charge in [0.15, 0.2) is 0 Å². The van der Waals surface area contributed by atoms with Crippen LogP contribution in [0.1, 0.15) is 26.7 Å². The van der Waals surface area contributed by atoms with Crippen LogP contribution in [-0.2, 0) is 4.74 Å². The number of likely N-dealkylation sites (tertiary alicyclic amines) is 1. The molecule has 18 heavy (non-hydrogen) atoms. The van der Waals surface area contributed by atoms with Crippen LogP contribution in [0.3, 0.4) is 0 Å². The summed E-state index contributed by atoms with van der Waals surface area (Å²) in [6.07, 6.45) is -4.11. The minimum atomic E-state index is -4.13. The molecule has 1 saturated heterocycles. The van der Waals surface area contributed by atoms with Gasteiger partial charge < -0.3 is 14.7 Å². The van der Waals surface area contributed by atoms with Crippen molar-refractivity contribution in [1.29, 1.82) is 0 Å². The molecular weight excluding hydrogens is 247 g/mol. The molecule has 0 bridgehead atoms. The number of hydrogen-bond acceptors (Lipinski definition) is 3. The van der Waals surface area contributed by atoms with Gasteiger partial charge in [0.25, 0.3) is 0 Å². The molecule has 108 valence electrons. The molecule has 1 rings (SSSR count). The lowest BCUT2D eigenvalue weighted by atomic mass is 9.97. The van der Waals surface area contributed by atoms with Crippen molar-refractivity contribution in [1.82, 2.24) is 4.90 Å². The van der Waals surface area contributed by atoms with Crippen molar-refractivity contribution < 1.29 is 23.0 Å². The normalized spacial score (nSPS) is 24.5. The maximum atomic E-state index is 12.6. The summed E-state index contributed by atoms with van der Waals surface area (Å²) >= 11 is 0. The van der Waals surface area contributed by atoms with Gasteiger partial charge in [-0.25, -0.2) is 0 Å². The minimum absolute atomic E-state index is 0.0117. The lowest BCUT2D eigenvalue weighted by Crippen LogP contribution is -2.45. The summed E-state index contributed by atoms with van der Waals surface area (Å²) < 4.78 is 43.0. The molecule has 0 aromatic carbocycles. The fourth-order valence-corrected chi connectivity index (χ4v) is 2.14. The summed E-state index contributed by atoms with van der Waals surface area (Å²) in [4.78, 5) is 1.68. The topological polar surface area (TPSA) is 32.7 Å². The molecular formula is C12H22F3NO2. The summed E-state index contributed by atoms with van der Waals surface area (Å²) in [5, 5.41) is 9.69. The van der Waals surface area contributed by atoms with Gasteiger partial charge in [-0.1, -0.05) is 0 Å². The molecule has 0 amide bonds. The van der Waals surface area contributed by atoms with Gasteiger partial charge >= 0.3 is 6.18 Å². The fraction of sp³-hybridized carbons (Fsp3) is 1.00. The van der Waals surface area contributed by atoms with Gasteiger partial charge in [-0.15, -0.1) is 0 Å². The van der Waals surface area contributed by atoms with Crippen LogP contribution in [-0.4, -0.2) is 54.6 Å². The number of aliphatic hydroxyl groups excluding tert-OH is 1. The maximum absolute atomic E-state index is 12.6. The van der Waals surface area contributed by atoms with Gasteiger partial charge in [0.1, 0.15) is 0 Å². The second-order valence-electron chi connectivity index (χ2n) is 5.18. The summed E-state index contributed by atoms with van der Waals surface area (Å²) in [5.74, 6) is -1.26. The molecule has 2 atom stereocenters. The summed E-state index contributed by atoms with van der Waals surface area (Å²) in [7, 11) is 0. The largest absolute Gasteiger partial charge is 0.393 e.